The van der Waals surface area contributed by atoms with Gasteiger partial charge in [-0.05, 0) is 14.0 Å². The van der Waals surface area contributed by atoms with E-state index in [1.54, 1.807) is 37.1 Å². The molecule has 2 N–H and O–H groups in total. The second-order valence-electron chi connectivity index (χ2n) is 4.07. The van der Waals surface area contributed by atoms with Gasteiger partial charge in [0.15, 0.2) is 0 Å². The summed E-state index contributed by atoms with van der Waals surface area (Å²) in [6.45, 7) is 2.76. The van der Waals surface area contributed by atoms with Crippen molar-refractivity contribution < 1.29 is 13.9 Å². The molecule has 0 aliphatic carbocycles. The molecular formula is C13H19FN2O2. The molecule has 0 bridgehead atoms. The Bertz CT molecular complexity index is 410. The number of ether oxygens (including phenoxy) is 1. The lowest BCUT2D eigenvalue weighted by molar-refractivity contribution is -0.144. The topological polar surface area (TPSA) is 55.6 Å². The zero-order valence-corrected chi connectivity index (χ0v) is 10.8. The van der Waals surface area contributed by atoms with Gasteiger partial charge in [0.2, 0.25) is 0 Å². The smallest absolute Gasteiger partial charge is 0.320 e. The van der Waals surface area contributed by atoms with Crippen LogP contribution in [-0.2, 0) is 22.6 Å². The van der Waals surface area contributed by atoms with E-state index < -0.39 is 0 Å². The van der Waals surface area contributed by atoms with Crippen LogP contribution in [0.3, 0.4) is 0 Å². The number of rotatable bonds is 6. The predicted octanol–water partition coefficient (Wildman–Crippen LogP) is 1.28. The summed E-state index contributed by atoms with van der Waals surface area (Å²) >= 11 is 0. The van der Waals surface area contributed by atoms with Gasteiger partial charge in [-0.25, -0.2) is 4.39 Å². The number of benzene rings is 1. The van der Waals surface area contributed by atoms with E-state index in [2.05, 4.69) is 0 Å². The number of likely N-dealkylation sites (N-methyl/N-ethyl adjacent to an activating group) is 1. The first-order chi connectivity index (χ1) is 8.58. The van der Waals surface area contributed by atoms with Crippen LogP contribution in [0.1, 0.15) is 18.1 Å². The minimum absolute atomic E-state index is 0.139. The molecule has 0 unspecified atom stereocenters. The van der Waals surface area contributed by atoms with Crippen molar-refractivity contribution in [1.82, 2.24) is 4.90 Å². The Morgan fingerprint density at radius 2 is 2.11 bits per heavy atom. The predicted molar refractivity (Wildman–Crippen MR) is 67.3 cm³/mol. The second-order valence-corrected chi connectivity index (χ2v) is 4.07. The molecule has 1 rings (SSSR count). The molecular weight excluding hydrogens is 235 g/mol. The van der Waals surface area contributed by atoms with Crippen molar-refractivity contribution in [2.75, 3.05) is 20.2 Å². The maximum absolute atomic E-state index is 13.9. The Morgan fingerprint density at radius 1 is 1.44 bits per heavy atom. The van der Waals surface area contributed by atoms with Crippen molar-refractivity contribution >= 4 is 5.97 Å². The molecule has 0 radical (unpaired) electrons. The molecule has 0 saturated carbocycles. The average Bonchev–Trinajstić information content (AvgIpc) is 2.32. The standard InChI is InChI=1S/C13H19FN2O2/c1-3-18-12(17)9-16(2)8-11-6-4-5-10(7-15)13(11)14/h4-6H,3,7-9,15H2,1-2H3. The van der Waals surface area contributed by atoms with Crippen molar-refractivity contribution in [2.24, 2.45) is 5.73 Å². The quantitative estimate of drug-likeness (QED) is 0.777. The third-order valence-electron chi connectivity index (χ3n) is 2.52. The van der Waals surface area contributed by atoms with Gasteiger partial charge in [-0.1, -0.05) is 18.2 Å². The van der Waals surface area contributed by atoms with Crippen LogP contribution in [0.5, 0.6) is 0 Å². The molecule has 100 valence electrons. The summed E-state index contributed by atoms with van der Waals surface area (Å²) in [6, 6.07) is 5.11. The van der Waals surface area contributed by atoms with E-state index in [1.165, 1.54) is 0 Å². The van der Waals surface area contributed by atoms with Crippen molar-refractivity contribution in [3.8, 4) is 0 Å². The molecule has 0 aromatic heterocycles. The van der Waals surface area contributed by atoms with Gasteiger partial charge in [0.1, 0.15) is 5.82 Å². The number of nitrogens with two attached hydrogens (primary N) is 1. The van der Waals surface area contributed by atoms with Crippen LogP contribution >= 0.6 is 0 Å². The van der Waals surface area contributed by atoms with Crippen LogP contribution in [0.4, 0.5) is 4.39 Å². The lowest BCUT2D eigenvalue weighted by Gasteiger charge is -2.16. The minimum atomic E-state index is -0.310. The van der Waals surface area contributed by atoms with E-state index in [-0.39, 0.29) is 24.9 Å². The zero-order valence-electron chi connectivity index (χ0n) is 10.8. The lowest BCUT2D eigenvalue weighted by Crippen LogP contribution is -2.27. The highest BCUT2D eigenvalue weighted by Crippen LogP contribution is 2.14. The first-order valence-corrected chi connectivity index (χ1v) is 5.89. The Hall–Kier alpha value is -1.46. The Morgan fingerprint density at radius 3 is 2.72 bits per heavy atom. The molecule has 0 heterocycles. The number of hydrogen-bond donors (Lipinski definition) is 1. The van der Waals surface area contributed by atoms with Gasteiger partial charge >= 0.3 is 5.97 Å². The van der Waals surface area contributed by atoms with Gasteiger partial charge in [0, 0.05) is 24.2 Å². The van der Waals surface area contributed by atoms with E-state index in [0.717, 1.165) is 0 Å². The van der Waals surface area contributed by atoms with Gasteiger partial charge in [0.05, 0.1) is 13.2 Å². The minimum Gasteiger partial charge on any atom is -0.465 e. The van der Waals surface area contributed by atoms with E-state index >= 15 is 0 Å². The summed E-state index contributed by atoms with van der Waals surface area (Å²) in [5.41, 5.74) is 6.46. The molecule has 18 heavy (non-hydrogen) atoms. The van der Waals surface area contributed by atoms with Gasteiger partial charge in [-0.2, -0.15) is 0 Å². The summed E-state index contributed by atoms with van der Waals surface area (Å²) in [7, 11) is 1.74. The molecule has 0 spiro atoms. The summed E-state index contributed by atoms with van der Waals surface area (Å²) in [4.78, 5) is 13.0. The molecule has 4 nitrogen and oxygen atoms in total. The summed E-state index contributed by atoms with van der Waals surface area (Å²) in [5.74, 6) is -0.605. The van der Waals surface area contributed by atoms with Crippen LogP contribution < -0.4 is 5.73 Å². The van der Waals surface area contributed by atoms with E-state index in [1.807, 2.05) is 0 Å². The fourth-order valence-corrected chi connectivity index (χ4v) is 1.69. The largest absolute Gasteiger partial charge is 0.465 e. The molecule has 0 aliphatic rings. The Kier molecular flexibility index (Phi) is 5.74. The first-order valence-electron chi connectivity index (χ1n) is 5.89. The Labute approximate surface area is 107 Å². The van der Waals surface area contributed by atoms with Crippen LogP contribution in [0, 0.1) is 5.82 Å². The van der Waals surface area contributed by atoms with E-state index in [9.17, 15) is 9.18 Å². The third kappa shape index (κ3) is 4.09. The fraction of sp³-hybridized carbons (Fsp3) is 0.462. The van der Waals surface area contributed by atoms with Crippen LogP contribution in [0.15, 0.2) is 18.2 Å². The summed E-state index contributed by atoms with van der Waals surface area (Å²) in [6.07, 6.45) is 0. The number of hydrogen-bond acceptors (Lipinski definition) is 4. The molecule has 0 aliphatic heterocycles. The second kappa shape index (κ2) is 7.08. The molecule has 0 amide bonds. The highest BCUT2D eigenvalue weighted by atomic mass is 19.1. The number of nitrogens with zero attached hydrogens (tertiary/aromatic N) is 1. The SMILES string of the molecule is CCOC(=O)CN(C)Cc1cccc(CN)c1F. The number of carbonyl (C=O) groups excluding carboxylic acids is 1. The van der Waals surface area contributed by atoms with Crippen LogP contribution in [0.2, 0.25) is 0 Å². The van der Waals surface area contributed by atoms with Crippen LogP contribution in [0.25, 0.3) is 0 Å². The zero-order chi connectivity index (χ0) is 13.5. The maximum atomic E-state index is 13.9. The van der Waals surface area contributed by atoms with Crippen LogP contribution in [-0.4, -0.2) is 31.1 Å². The monoisotopic (exact) mass is 254 g/mol. The van der Waals surface area contributed by atoms with E-state index in [4.69, 9.17) is 10.5 Å². The molecule has 0 saturated heterocycles. The Balaban J connectivity index is 2.64. The molecule has 5 heteroatoms. The van der Waals surface area contributed by atoms with Crippen molar-refractivity contribution in [2.45, 2.75) is 20.0 Å². The van der Waals surface area contributed by atoms with Gasteiger partial charge in [-0.3, -0.25) is 9.69 Å². The summed E-state index contributed by atoms with van der Waals surface area (Å²) < 4.78 is 18.7. The number of esters is 1. The average molecular weight is 254 g/mol. The first kappa shape index (κ1) is 14.6. The van der Waals surface area contributed by atoms with Crippen molar-refractivity contribution in [3.05, 3.63) is 35.1 Å². The highest BCUT2D eigenvalue weighted by Gasteiger charge is 2.12. The third-order valence-corrected chi connectivity index (χ3v) is 2.52. The molecule has 0 atom stereocenters. The number of carbonyl (C=O) groups is 1. The van der Waals surface area contributed by atoms with Gasteiger partial charge in [0.25, 0.3) is 0 Å². The van der Waals surface area contributed by atoms with Gasteiger partial charge in [-0.15, -0.1) is 0 Å². The normalized spacial score (nSPS) is 10.7. The number of halogens is 1. The van der Waals surface area contributed by atoms with Gasteiger partial charge < -0.3 is 10.5 Å². The molecule has 0 fully saturated rings. The molecule has 1 aromatic carbocycles. The van der Waals surface area contributed by atoms with Crippen molar-refractivity contribution in [1.29, 1.82) is 0 Å². The maximum Gasteiger partial charge on any atom is 0.320 e. The lowest BCUT2D eigenvalue weighted by atomic mass is 10.1. The highest BCUT2D eigenvalue weighted by molar-refractivity contribution is 5.71. The summed E-state index contributed by atoms with van der Waals surface area (Å²) in [5, 5.41) is 0. The van der Waals surface area contributed by atoms with Crippen molar-refractivity contribution in [3.63, 3.8) is 0 Å². The fourth-order valence-electron chi connectivity index (χ4n) is 1.69. The molecule has 1 aromatic rings. The van der Waals surface area contributed by atoms with E-state index in [0.29, 0.717) is 24.3 Å².